The summed E-state index contributed by atoms with van der Waals surface area (Å²) in [7, 11) is 0. The molecule has 92 valence electrons. The number of aryl methyl sites for hydroxylation is 1. The predicted molar refractivity (Wildman–Crippen MR) is 72.8 cm³/mol. The largest absolute Gasteiger partial charge is 0.327 e. The van der Waals surface area contributed by atoms with E-state index in [0.717, 1.165) is 15.7 Å². The van der Waals surface area contributed by atoms with Crippen molar-refractivity contribution in [2.45, 2.75) is 32.2 Å². The molecule has 1 amide bonds. The van der Waals surface area contributed by atoms with Crippen molar-refractivity contribution in [3.63, 3.8) is 0 Å². The fourth-order valence-corrected chi connectivity index (χ4v) is 2.42. The van der Waals surface area contributed by atoms with Gasteiger partial charge in [0.15, 0.2) is 0 Å². The van der Waals surface area contributed by atoms with Crippen LogP contribution in [-0.2, 0) is 4.79 Å². The lowest BCUT2D eigenvalue weighted by Crippen LogP contribution is -2.28. The van der Waals surface area contributed by atoms with E-state index in [0.29, 0.717) is 12.3 Å². The van der Waals surface area contributed by atoms with E-state index in [4.69, 9.17) is 5.73 Å². The van der Waals surface area contributed by atoms with Gasteiger partial charge in [0.05, 0.1) is 5.69 Å². The van der Waals surface area contributed by atoms with Crippen LogP contribution in [0.5, 0.6) is 0 Å². The summed E-state index contributed by atoms with van der Waals surface area (Å²) >= 11 is 3.44. The number of carbonyl (C=O) groups excluding carboxylic acids is 1. The van der Waals surface area contributed by atoms with Gasteiger partial charge in [-0.15, -0.1) is 0 Å². The van der Waals surface area contributed by atoms with Crippen LogP contribution >= 0.6 is 15.9 Å². The van der Waals surface area contributed by atoms with Gasteiger partial charge in [-0.25, -0.2) is 0 Å². The maximum Gasteiger partial charge on any atom is 0.225 e. The molecule has 1 fully saturated rings. The van der Waals surface area contributed by atoms with Gasteiger partial charge in [-0.2, -0.15) is 0 Å². The fourth-order valence-electron chi connectivity index (χ4n) is 1.83. The maximum atomic E-state index is 11.8. The zero-order valence-corrected chi connectivity index (χ0v) is 11.5. The number of rotatable bonds is 4. The third kappa shape index (κ3) is 3.54. The van der Waals surface area contributed by atoms with E-state index in [-0.39, 0.29) is 11.9 Å². The molecule has 0 saturated heterocycles. The SMILES string of the molecule is Cc1ccc(NC(=O)CC(N)C2CC2)c(Br)c1. The molecule has 2 rings (SSSR count). The van der Waals surface area contributed by atoms with Gasteiger partial charge in [0.25, 0.3) is 0 Å². The second-order valence-electron chi connectivity index (χ2n) is 4.74. The Morgan fingerprint density at radius 3 is 2.88 bits per heavy atom. The average molecular weight is 297 g/mol. The van der Waals surface area contributed by atoms with Gasteiger partial charge in [0.1, 0.15) is 0 Å². The number of anilines is 1. The van der Waals surface area contributed by atoms with Gasteiger partial charge in [-0.3, -0.25) is 4.79 Å². The zero-order valence-electron chi connectivity index (χ0n) is 9.87. The highest BCUT2D eigenvalue weighted by atomic mass is 79.9. The van der Waals surface area contributed by atoms with Crippen LogP contribution in [-0.4, -0.2) is 11.9 Å². The zero-order chi connectivity index (χ0) is 12.4. The minimum atomic E-state index is -0.00560. The van der Waals surface area contributed by atoms with Crippen LogP contribution in [0.3, 0.4) is 0 Å². The molecule has 0 heterocycles. The number of halogens is 1. The molecule has 4 heteroatoms. The van der Waals surface area contributed by atoms with Crippen molar-refractivity contribution < 1.29 is 4.79 Å². The number of nitrogens with two attached hydrogens (primary N) is 1. The molecule has 0 aromatic heterocycles. The smallest absolute Gasteiger partial charge is 0.225 e. The highest BCUT2D eigenvalue weighted by molar-refractivity contribution is 9.10. The minimum Gasteiger partial charge on any atom is -0.327 e. The summed E-state index contributed by atoms with van der Waals surface area (Å²) < 4.78 is 0.908. The summed E-state index contributed by atoms with van der Waals surface area (Å²) in [6.07, 6.45) is 2.75. The first-order valence-electron chi connectivity index (χ1n) is 5.88. The van der Waals surface area contributed by atoms with Gasteiger partial charge < -0.3 is 11.1 Å². The van der Waals surface area contributed by atoms with Gasteiger partial charge in [-0.1, -0.05) is 6.07 Å². The van der Waals surface area contributed by atoms with Gasteiger partial charge in [0.2, 0.25) is 5.91 Å². The Kier molecular flexibility index (Phi) is 3.84. The topological polar surface area (TPSA) is 55.1 Å². The van der Waals surface area contributed by atoms with Crippen molar-refractivity contribution in [3.8, 4) is 0 Å². The van der Waals surface area contributed by atoms with E-state index in [1.165, 1.54) is 12.8 Å². The Morgan fingerprint density at radius 2 is 2.29 bits per heavy atom. The van der Waals surface area contributed by atoms with Gasteiger partial charge >= 0.3 is 0 Å². The van der Waals surface area contributed by atoms with Crippen molar-refractivity contribution in [2.75, 3.05) is 5.32 Å². The van der Waals surface area contributed by atoms with Crippen molar-refractivity contribution >= 4 is 27.5 Å². The van der Waals surface area contributed by atoms with Gasteiger partial charge in [0, 0.05) is 16.9 Å². The lowest BCUT2D eigenvalue weighted by atomic mass is 10.1. The third-order valence-electron chi connectivity index (χ3n) is 3.05. The van der Waals surface area contributed by atoms with Crippen LogP contribution < -0.4 is 11.1 Å². The monoisotopic (exact) mass is 296 g/mol. The summed E-state index contributed by atoms with van der Waals surface area (Å²) in [6, 6.07) is 5.87. The van der Waals surface area contributed by atoms with Crippen LogP contribution in [0, 0.1) is 12.8 Å². The van der Waals surface area contributed by atoms with Crippen LogP contribution in [0.4, 0.5) is 5.69 Å². The number of amides is 1. The Hall–Kier alpha value is -0.870. The highest BCUT2D eigenvalue weighted by Crippen LogP contribution is 2.33. The van der Waals surface area contributed by atoms with Gasteiger partial charge in [-0.05, 0) is 59.3 Å². The standard InChI is InChI=1S/C13H17BrN2O/c1-8-2-5-12(10(14)6-8)16-13(17)7-11(15)9-3-4-9/h2,5-6,9,11H,3-4,7,15H2,1H3,(H,16,17). The number of benzene rings is 1. The van der Waals surface area contributed by atoms with Crippen molar-refractivity contribution in [1.29, 1.82) is 0 Å². The van der Waals surface area contributed by atoms with E-state index in [1.807, 2.05) is 25.1 Å². The van der Waals surface area contributed by atoms with E-state index < -0.39 is 0 Å². The molecule has 3 N–H and O–H groups in total. The molecule has 0 radical (unpaired) electrons. The maximum absolute atomic E-state index is 11.8. The van der Waals surface area contributed by atoms with E-state index in [9.17, 15) is 4.79 Å². The normalized spacial score (nSPS) is 16.6. The van der Waals surface area contributed by atoms with Crippen LogP contribution in [0.2, 0.25) is 0 Å². The number of carbonyl (C=O) groups is 1. The number of hydrogen-bond donors (Lipinski definition) is 2. The summed E-state index contributed by atoms with van der Waals surface area (Å²) in [5, 5.41) is 2.89. The molecule has 1 aromatic carbocycles. The Balaban J connectivity index is 1.92. The van der Waals surface area contributed by atoms with Crippen LogP contribution in [0.1, 0.15) is 24.8 Å². The molecule has 0 aliphatic heterocycles. The Morgan fingerprint density at radius 1 is 1.59 bits per heavy atom. The summed E-state index contributed by atoms with van der Waals surface area (Å²) in [4.78, 5) is 11.8. The number of hydrogen-bond acceptors (Lipinski definition) is 2. The molecule has 3 nitrogen and oxygen atoms in total. The van der Waals surface area contributed by atoms with Crippen molar-refractivity contribution in [2.24, 2.45) is 11.7 Å². The molecule has 0 spiro atoms. The van der Waals surface area contributed by atoms with Crippen molar-refractivity contribution in [1.82, 2.24) is 0 Å². The predicted octanol–water partition coefficient (Wildman–Crippen LogP) is 2.82. The molecule has 1 saturated carbocycles. The first-order chi connectivity index (χ1) is 8.06. The Bertz CT molecular complexity index is 429. The summed E-state index contributed by atoms with van der Waals surface area (Å²) in [5.41, 5.74) is 7.89. The molecule has 1 aromatic rings. The first kappa shape index (κ1) is 12.6. The molecule has 1 aliphatic rings. The molecule has 0 bridgehead atoms. The molecule has 1 atom stereocenters. The Labute approximate surface area is 110 Å². The fraction of sp³-hybridized carbons (Fsp3) is 0.462. The number of nitrogens with one attached hydrogen (secondary N) is 1. The quantitative estimate of drug-likeness (QED) is 0.898. The molecular formula is C13H17BrN2O. The average Bonchev–Trinajstić information content (AvgIpc) is 3.05. The lowest BCUT2D eigenvalue weighted by molar-refractivity contribution is -0.116. The van der Waals surface area contributed by atoms with E-state index in [2.05, 4.69) is 21.2 Å². The van der Waals surface area contributed by atoms with Crippen LogP contribution in [0.25, 0.3) is 0 Å². The minimum absolute atomic E-state index is 0.00560. The molecule has 1 unspecified atom stereocenters. The van der Waals surface area contributed by atoms with Crippen LogP contribution in [0.15, 0.2) is 22.7 Å². The second kappa shape index (κ2) is 5.19. The van der Waals surface area contributed by atoms with Crippen molar-refractivity contribution in [3.05, 3.63) is 28.2 Å². The highest BCUT2D eigenvalue weighted by Gasteiger charge is 2.29. The van der Waals surface area contributed by atoms with E-state index in [1.54, 1.807) is 0 Å². The third-order valence-corrected chi connectivity index (χ3v) is 3.70. The first-order valence-corrected chi connectivity index (χ1v) is 6.67. The molecular weight excluding hydrogens is 280 g/mol. The second-order valence-corrected chi connectivity index (χ2v) is 5.59. The van der Waals surface area contributed by atoms with E-state index >= 15 is 0 Å². The molecule has 1 aliphatic carbocycles. The summed E-state index contributed by atoms with van der Waals surface area (Å²) in [6.45, 7) is 2.01. The molecule has 17 heavy (non-hydrogen) atoms. The summed E-state index contributed by atoms with van der Waals surface area (Å²) in [5.74, 6) is 0.552. The lowest BCUT2D eigenvalue weighted by Gasteiger charge is -2.11.